The lowest BCUT2D eigenvalue weighted by molar-refractivity contribution is -0.118. The number of nitrogens with zero attached hydrogens (tertiary/aromatic N) is 1. The number of carbonyl (C=O) groups is 1. The van der Waals surface area contributed by atoms with Crippen molar-refractivity contribution in [3.8, 4) is 0 Å². The van der Waals surface area contributed by atoms with Crippen LogP contribution in [0.1, 0.15) is 12.8 Å². The first kappa shape index (κ1) is 12.2. The maximum atomic E-state index is 11.6. The van der Waals surface area contributed by atoms with Gasteiger partial charge in [0, 0.05) is 30.2 Å². The number of aliphatic hydroxyl groups excluding tert-OH is 1. The summed E-state index contributed by atoms with van der Waals surface area (Å²) in [7, 11) is 1.74. The van der Waals surface area contributed by atoms with E-state index in [1.807, 2.05) is 24.3 Å². The fraction of sp³-hybridized carbons (Fsp3) is 0.364. The average Bonchev–Trinajstić information content (AvgIpc) is 2.24. The molecule has 0 fully saturated rings. The van der Waals surface area contributed by atoms with Crippen molar-refractivity contribution < 1.29 is 9.90 Å². The number of halogens is 1. The van der Waals surface area contributed by atoms with Gasteiger partial charge in [-0.2, -0.15) is 0 Å². The van der Waals surface area contributed by atoms with E-state index < -0.39 is 0 Å². The van der Waals surface area contributed by atoms with E-state index in [0.717, 1.165) is 10.2 Å². The molecule has 0 saturated heterocycles. The normalized spacial score (nSPS) is 10.1. The van der Waals surface area contributed by atoms with Crippen molar-refractivity contribution in [1.29, 1.82) is 0 Å². The molecule has 1 aromatic rings. The van der Waals surface area contributed by atoms with Gasteiger partial charge in [0.2, 0.25) is 5.91 Å². The van der Waals surface area contributed by atoms with E-state index in [0.29, 0.717) is 12.8 Å². The zero-order chi connectivity index (χ0) is 11.3. The van der Waals surface area contributed by atoms with E-state index in [4.69, 9.17) is 5.11 Å². The van der Waals surface area contributed by atoms with Crippen molar-refractivity contribution in [2.75, 3.05) is 18.6 Å². The van der Waals surface area contributed by atoms with Gasteiger partial charge in [0.1, 0.15) is 0 Å². The Morgan fingerprint density at radius 1 is 1.53 bits per heavy atom. The van der Waals surface area contributed by atoms with E-state index in [-0.39, 0.29) is 12.5 Å². The summed E-state index contributed by atoms with van der Waals surface area (Å²) in [5.41, 5.74) is 0.854. The second kappa shape index (κ2) is 5.88. The van der Waals surface area contributed by atoms with E-state index in [9.17, 15) is 4.79 Å². The van der Waals surface area contributed by atoms with Crippen LogP contribution in [0.5, 0.6) is 0 Å². The molecule has 0 aliphatic carbocycles. The summed E-state index contributed by atoms with van der Waals surface area (Å²) in [6, 6.07) is 7.56. The Morgan fingerprint density at radius 2 is 2.27 bits per heavy atom. The Kier molecular flexibility index (Phi) is 4.78. The minimum Gasteiger partial charge on any atom is -0.396 e. The molecule has 0 saturated carbocycles. The Bertz CT molecular complexity index is 341. The lowest BCUT2D eigenvalue weighted by atomic mass is 10.2. The molecule has 0 heterocycles. The number of hydrogen-bond acceptors (Lipinski definition) is 2. The summed E-state index contributed by atoms with van der Waals surface area (Å²) in [6.07, 6.45) is 0.886. The van der Waals surface area contributed by atoms with Crippen LogP contribution in [0.15, 0.2) is 28.7 Å². The highest BCUT2D eigenvalue weighted by atomic mass is 79.9. The maximum Gasteiger partial charge on any atom is 0.226 e. The molecule has 0 atom stereocenters. The van der Waals surface area contributed by atoms with Crippen molar-refractivity contribution in [1.82, 2.24) is 0 Å². The van der Waals surface area contributed by atoms with Crippen LogP contribution < -0.4 is 4.90 Å². The van der Waals surface area contributed by atoms with Crippen LogP contribution >= 0.6 is 15.9 Å². The Balaban J connectivity index is 2.67. The van der Waals surface area contributed by atoms with Gasteiger partial charge in [-0.25, -0.2) is 0 Å². The first-order chi connectivity index (χ1) is 7.15. The number of aliphatic hydroxyl groups is 1. The average molecular weight is 272 g/mol. The third kappa shape index (κ3) is 3.64. The third-order valence-electron chi connectivity index (χ3n) is 2.12. The maximum absolute atomic E-state index is 11.6. The molecule has 15 heavy (non-hydrogen) atoms. The van der Waals surface area contributed by atoms with Crippen molar-refractivity contribution in [2.24, 2.45) is 0 Å². The number of carbonyl (C=O) groups excluding carboxylic acids is 1. The quantitative estimate of drug-likeness (QED) is 0.912. The molecule has 1 aromatic carbocycles. The molecular formula is C11H14BrNO2. The van der Waals surface area contributed by atoms with Crippen molar-refractivity contribution >= 4 is 27.5 Å². The van der Waals surface area contributed by atoms with Crippen molar-refractivity contribution in [3.63, 3.8) is 0 Å². The molecule has 0 radical (unpaired) electrons. The summed E-state index contributed by atoms with van der Waals surface area (Å²) in [4.78, 5) is 13.2. The van der Waals surface area contributed by atoms with Crippen LogP contribution in [0.2, 0.25) is 0 Å². The highest BCUT2D eigenvalue weighted by Gasteiger charge is 2.09. The summed E-state index contributed by atoms with van der Waals surface area (Å²) in [5, 5.41) is 8.63. The predicted octanol–water partition coefficient (Wildman–Crippen LogP) is 2.18. The van der Waals surface area contributed by atoms with E-state index in [1.165, 1.54) is 0 Å². The van der Waals surface area contributed by atoms with Gasteiger partial charge in [0.05, 0.1) is 0 Å². The van der Waals surface area contributed by atoms with Crippen molar-refractivity contribution in [3.05, 3.63) is 28.7 Å². The smallest absolute Gasteiger partial charge is 0.226 e. The highest BCUT2D eigenvalue weighted by Crippen LogP contribution is 2.19. The molecular weight excluding hydrogens is 258 g/mol. The van der Waals surface area contributed by atoms with Gasteiger partial charge in [-0.3, -0.25) is 4.79 Å². The van der Waals surface area contributed by atoms with Gasteiger partial charge < -0.3 is 10.0 Å². The molecule has 82 valence electrons. The molecule has 0 spiro atoms. The van der Waals surface area contributed by atoms with Gasteiger partial charge in [-0.15, -0.1) is 0 Å². The van der Waals surface area contributed by atoms with Crippen LogP contribution in [0, 0.1) is 0 Å². The minimum absolute atomic E-state index is 0.0159. The molecule has 1 N–H and O–H groups in total. The van der Waals surface area contributed by atoms with Crippen LogP contribution in [0.3, 0.4) is 0 Å². The van der Waals surface area contributed by atoms with E-state index in [1.54, 1.807) is 11.9 Å². The number of anilines is 1. The first-order valence-electron chi connectivity index (χ1n) is 4.78. The van der Waals surface area contributed by atoms with Gasteiger partial charge in [0.25, 0.3) is 0 Å². The monoisotopic (exact) mass is 271 g/mol. The largest absolute Gasteiger partial charge is 0.396 e. The number of rotatable bonds is 4. The summed E-state index contributed by atoms with van der Waals surface area (Å²) in [5.74, 6) is 0.0159. The molecule has 3 nitrogen and oxygen atoms in total. The Morgan fingerprint density at radius 3 is 2.87 bits per heavy atom. The lowest BCUT2D eigenvalue weighted by Crippen LogP contribution is -2.26. The summed E-state index contributed by atoms with van der Waals surface area (Å²) >= 11 is 3.35. The highest BCUT2D eigenvalue weighted by molar-refractivity contribution is 9.10. The SMILES string of the molecule is CN(C(=O)CCCO)c1cccc(Br)c1. The molecule has 0 aliphatic rings. The summed E-state index contributed by atoms with van der Waals surface area (Å²) < 4.78 is 0.946. The fourth-order valence-corrected chi connectivity index (χ4v) is 1.61. The number of hydrogen-bond donors (Lipinski definition) is 1. The second-order valence-electron chi connectivity index (χ2n) is 3.26. The molecule has 4 heteroatoms. The standard InChI is InChI=1S/C11H14BrNO2/c1-13(11(15)6-3-7-14)10-5-2-4-9(12)8-10/h2,4-5,8,14H,3,6-7H2,1H3. The molecule has 0 bridgehead atoms. The Hall–Kier alpha value is -0.870. The topological polar surface area (TPSA) is 40.5 Å². The third-order valence-corrected chi connectivity index (χ3v) is 2.61. The first-order valence-corrected chi connectivity index (χ1v) is 5.57. The summed E-state index contributed by atoms with van der Waals surface area (Å²) in [6.45, 7) is 0.0536. The van der Waals surface area contributed by atoms with Crippen LogP contribution in [-0.4, -0.2) is 24.7 Å². The van der Waals surface area contributed by atoms with Crippen molar-refractivity contribution in [2.45, 2.75) is 12.8 Å². The van der Waals surface area contributed by atoms with Gasteiger partial charge in [-0.05, 0) is 24.6 Å². The van der Waals surface area contributed by atoms with E-state index >= 15 is 0 Å². The number of amides is 1. The fourth-order valence-electron chi connectivity index (χ4n) is 1.23. The van der Waals surface area contributed by atoms with E-state index in [2.05, 4.69) is 15.9 Å². The van der Waals surface area contributed by atoms with Crippen LogP contribution in [-0.2, 0) is 4.79 Å². The molecule has 1 rings (SSSR count). The Labute approximate surface area is 97.8 Å². The second-order valence-corrected chi connectivity index (χ2v) is 4.18. The molecule has 0 aliphatic heterocycles. The molecule has 0 aromatic heterocycles. The van der Waals surface area contributed by atoms with Crippen LogP contribution in [0.25, 0.3) is 0 Å². The van der Waals surface area contributed by atoms with Gasteiger partial charge in [-0.1, -0.05) is 22.0 Å². The molecule has 0 unspecified atom stereocenters. The predicted molar refractivity (Wildman–Crippen MR) is 63.9 cm³/mol. The van der Waals surface area contributed by atoms with Gasteiger partial charge >= 0.3 is 0 Å². The van der Waals surface area contributed by atoms with Gasteiger partial charge in [0.15, 0.2) is 0 Å². The minimum atomic E-state index is 0.0159. The number of benzene rings is 1. The molecule has 1 amide bonds. The zero-order valence-corrected chi connectivity index (χ0v) is 10.2. The lowest BCUT2D eigenvalue weighted by Gasteiger charge is -2.17. The zero-order valence-electron chi connectivity index (χ0n) is 8.61. The van der Waals surface area contributed by atoms with Crippen LogP contribution in [0.4, 0.5) is 5.69 Å².